The lowest BCUT2D eigenvalue weighted by atomic mass is 9.94. The minimum Gasteiger partial charge on any atom is -0.399 e. The number of benzene rings is 2. The maximum absolute atomic E-state index is 12.6. The van der Waals surface area contributed by atoms with Crippen LogP contribution in [-0.2, 0) is 0 Å². The molecule has 0 fully saturated rings. The Morgan fingerprint density at radius 1 is 0.947 bits per heavy atom. The summed E-state index contributed by atoms with van der Waals surface area (Å²) in [4.78, 5) is 12.6. The van der Waals surface area contributed by atoms with Crippen molar-refractivity contribution in [2.24, 2.45) is 0 Å². The number of hydrogen-bond donors (Lipinski definition) is 1. The van der Waals surface area contributed by atoms with E-state index in [-0.39, 0.29) is 5.78 Å². The van der Waals surface area contributed by atoms with Crippen LogP contribution in [-0.4, -0.2) is 5.78 Å². The summed E-state index contributed by atoms with van der Waals surface area (Å²) in [5.41, 5.74) is 10.4. The first-order valence-electron chi connectivity index (χ1n) is 6.07. The Morgan fingerprint density at radius 3 is 2.21 bits per heavy atom. The van der Waals surface area contributed by atoms with Gasteiger partial charge < -0.3 is 5.73 Å². The van der Waals surface area contributed by atoms with Crippen LogP contribution in [0.5, 0.6) is 0 Å². The van der Waals surface area contributed by atoms with Crippen molar-refractivity contribution < 1.29 is 4.79 Å². The first kappa shape index (κ1) is 13.6. The van der Waals surface area contributed by atoms with Crippen LogP contribution >= 0.6 is 11.6 Å². The molecule has 0 heterocycles. The molecule has 2 nitrogen and oxygen atoms in total. The van der Waals surface area contributed by atoms with Gasteiger partial charge in [-0.25, -0.2) is 0 Å². The largest absolute Gasteiger partial charge is 0.399 e. The number of carbonyl (C=O) groups excluding carboxylic acids is 1. The van der Waals surface area contributed by atoms with Crippen LogP contribution in [0.1, 0.15) is 32.6 Å². The van der Waals surface area contributed by atoms with Gasteiger partial charge in [0.1, 0.15) is 0 Å². The molecule has 0 radical (unpaired) electrons. The molecule has 2 aromatic carbocycles. The molecule has 19 heavy (non-hydrogen) atoms. The molecule has 3 heteroatoms. The lowest BCUT2D eigenvalue weighted by molar-refractivity contribution is 0.103. The van der Waals surface area contributed by atoms with E-state index in [1.165, 1.54) is 0 Å². The molecule has 0 aliphatic heterocycles. The van der Waals surface area contributed by atoms with E-state index in [1.807, 2.05) is 39.0 Å². The Labute approximate surface area is 118 Å². The Balaban J connectivity index is 2.53. The molecule has 0 aliphatic rings. The van der Waals surface area contributed by atoms with E-state index in [4.69, 9.17) is 17.3 Å². The number of anilines is 1. The van der Waals surface area contributed by atoms with Gasteiger partial charge in [-0.05, 0) is 67.8 Å². The number of aryl methyl sites for hydroxylation is 3. The van der Waals surface area contributed by atoms with E-state index in [2.05, 4.69) is 0 Å². The highest BCUT2D eigenvalue weighted by Gasteiger charge is 2.15. The number of hydrogen-bond acceptors (Lipinski definition) is 2. The highest BCUT2D eigenvalue weighted by molar-refractivity contribution is 6.31. The lowest BCUT2D eigenvalue weighted by Gasteiger charge is -2.10. The Kier molecular flexibility index (Phi) is 3.63. The second-order valence-electron chi connectivity index (χ2n) is 4.82. The van der Waals surface area contributed by atoms with Crippen molar-refractivity contribution >= 4 is 23.1 Å². The van der Waals surface area contributed by atoms with Gasteiger partial charge >= 0.3 is 0 Å². The minimum atomic E-state index is 0.00904. The fourth-order valence-electron chi connectivity index (χ4n) is 2.11. The SMILES string of the molecule is Cc1cc(C(=O)c2ccc(N)cc2C)c(C)cc1Cl. The normalized spacial score (nSPS) is 10.5. The first-order chi connectivity index (χ1) is 8.90. The molecule has 2 aromatic rings. The average molecular weight is 274 g/mol. The fraction of sp³-hybridized carbons (Fsp3) is 0.188. The Morgan fingerprint density at radius 2 is 1.58 bits per heavy atom. The summed E-state index contributed by atoms with van der Waals surface area (Å²) in [6.07, 6.45) is 0. The quantitative estimate of drug-likeness (QED) is 0.662. The number of rotatable bonds is 2. The van der Waals surface area contributed by atoms with Gasteiger partial charge in [0.15, 0.2) is 5.78 Å². The van der Waals surface area contributed by atoms with Crippen LogP contribution in [0.2, 0.25) is 5.02 Å². The van der Waals surface area contributed by atoms with Gasteiger partial charge in [-0.15, -0.1) is 0 Å². The average Bonchev–Trinajstić information content (AvgIpc) is 2.33. The third-order valence-corrected chi connectivity index (χ3v) is 3.65. The summed E-state index contributed by atoms with van der Waals surface area (Å²) >= 11 is 6.06. The molecule has 98 valence electrons. The van der Waals surface area contributed by atoms with Crippen LogP contribution in [0.4, 0.5) is 5.69 Å². The molecule has 0 amide bonds. The molecule has 2 rings (SSSR count). The summed E-state index contributed by atoms with van der Waals surface area (Å²) < 4.78 is 0. The Bertz CT molecular complexity index is 662. The summed E-state index contributed by atoms with van der Waals surface area (Å²) in [6, 6.07) is 9.01. The summed E-state index contributed by atoms with van der Waals surface area (Å²) in [6.45, 7) is 5.68. The zero-order valence-electron chi connectivity index (χ0n) is 11.3. The maximum atomic E-state index is 12.6. The molecule has 0 saturated carbocycles. The highest BCUT2D eigenvalue weighted by Crippen LogP contribution is 2.24. The molecular weight excluding hydrogens is 258 g/mol. The van der Waals surface area contributed by atoms with Crippen LogP contribution in [0.15, 0.2) is 30.3 Å². The zero-order valence-corrected chi connectivity index (χ0v) is 12.0. The monoisotopic (exact) mass is 273 g/mol. The van der Waals surface area contributed by atoms with Crippen molar-refractivity contribution in [3.05, 3.63) is 63.2 Å². The Hall–Kier alpha value is -1.80. The van der Waals surface area contributed by atoms with Crippen LogP contribution in [0.3, 0.4) is 0 Å². The molecule has 0 bridgehead atoms. The summed E-state index contributed by atoms with van der Waals surface area (Å²) in [7, 11) is 0. The maximum Gasteiger partial charge on any atom is 0.193 e. The van der Waals surface area contributed by atoms with Crippen molar-refractivity contribution in [3.63, 3.8) is 0 Å². The van der Waals surface area contributed by atoms with E-state index >= 15 is 0 Å². The van der Waals surface area contributed by atoms with Gasteiger partial charge in [0, 0.05) is 21.8 Å². The van der Waals surface area contributed by atoms with Crippen molar-refractivity contribution in [2.75, 3.05) is 5.73 Å². The van der Waals surface area contributed by atoms with Crippen LogP contribution < -0.4 is 5.73 Å². The van der Waals surface area contributed by atoms with Gasteiger partial charge in [0.25, 0.3) is 0 Å². The standard InChI is InChI=1S/C16H16ClNO/c1-9-6-12(18)4-5-13(9)16(19)14-7-11(3)15(17)8-10(14)2/h4-8H,18H2,1-3H3. The van der Waals surface area contributed by atoms with Crippen LogP contribution in [0, 0.1) is 20.8 Å². The minimum absolute atomic E-state index is 0.00904. The van der Waals surface area contributed by atoms with Crippen LogP contribution in [0.25, 0.3) is 0 Å². The molecule has 0 spiro atoms. The zero-order chi connectivity index (χ0) is 14.2. The molecule has 0 saturated heterocycles. The summed E-state index contributed by atoms with van der Waals surface area (Å²) in [5.74, 6) is 0.00904. The predicted octanol–water partition coefficient (Wildman–Crippen LogP) is 4.08. The van der Waals surface area contributed by atoms with E-state index in [0.29, 0.717) is 21.8 Å². The van der Waals surface area contributed by atoms with E-state index in [0.717, 1.165) is 16.7 Å². The van der Waals surface area contributed by atoms with E-state index in [9.17, 15) is 4.79 Å². The second kappa shape index (κ2) is 5.06. The molecular formula is C16H16ClNO. The number of nitrogens with two attached hydrogens (primary N) is 1. The highest BCUT2D eigenvalue weighted by atomic mass is 35.5. The van der Waals surface area contributed by atoms with Gasteiger partial charge in [-0.1, -0.05) is 11.6 Å². The summed E-state index contributed by atoms with van der Waals surface area (Å²) in [5, 5.41) is 0.683. The van der Waals surface area contributed by atoms with Crippen molar-refractivity contribution in [3.8, 4) is 0 Å². The molecule has 0 unspecified atom stereocenters. The molecule has 0 aromatic heterocycles. The van der Waals surface area contributed by atoms with Gasteiger partial charge in [-0.3, -0.25) is 4.79 Å². The third-order valence-electron chi connectivity index (χ3n) is 3.25. The number of carbonyl (C=O) groups is 1. The third kappa shape index (κ3) is 2.64. The van der Waals surface area contributed by atoms with Crippen molar-refractivity contribution in [2.45, 2.75) is 20.8 Å². The van der Waals surface area contributed by atoms with E-state index < -0.39 is 0 Å². The topological polar surface area (TPSA) is 43.1 Å². The number of ketones is 1. The predicted molar refractivity (Wildman–Crippen MR) is 79.9 cm³/mol. The molecule has 2 N–H and O–H groups in total. The first-order valence-corrected chi connectivity index (χ1v) is 6.45. The number of halogens is 1. The number of nitrogen functional groups attached to an aromatic ring is 1. The lowest BCUT2D eigenvalue weighted by Crippen LogP contribution is -2.07. The van der Waals surface area contributed by atoms with Crippen molar-refractivity contribution in [1.29, 1.82) is 0 Å². The van der Waals surface area contributed by atoms with Crippen molar-refractivity contribution in [1.82, 2.24) is 0 Å². The van der Waals surface area contributed by atoms with Gasteiger partial charge in [0.05, 0.1) is 0 Å². The van der Waals surface area contributed by atoms with E-state index in [1.54, 1.807) is 12.1 Å². The van der Waals surface area contributed by atoms with Gasteiger partial charge in [-0.2, -0.15) is 0 Å². The molecule has 0 atom stereocenters. The second-order valence-corrected chi connectivity index (χ2v) is 5.23. The van der Waals surface area contributed by atoms with Gasteiger partial charge in [0.2, 0.25) is 0 Å². The molecule has 0 aliphatic carbocycles. The smallest absolute Gasteiger partial charge is 0.193 e. The fourth-order valence-corrected chi connectivity index (χ4v) is 2.33.